The van der Waals surface area contributed by atoms with Crippen LogP contribution in [0.1, 0.15) is 23.0 Å². The van der Waals surface area contributed by atoms with E-state index in [1.165, 1.54) is 24.3 Å². The van der Waals surface area contributed by atoms with Gasteiger partial charge in [0, 0.05) is 28.2 Å². The Morgan fingerprint density at radius 1 is 1.21 bits per heavy atom. The largest absolute Gasteiger partial charge is 0.462 e. The SMILES string of the molecule is CCOC(=O)c1ccc(-c2ccc(C=C(C#N)C(=O)Nc3ccc([N+](=O)[O-])cc3Br)o2)cc1. The molecule has 3 aromatic rings. The minimum absolute atomic E-state index is 0.144. The third-order valence-corrected chi connectivity index (χ3v) is 5.03. The van der Waals surface area contributed by atoms with Crippen molar-refractivity contribution in [3.63, 3.8) is 0 Å². The highest BCUT2D eigenvalue weighted by Gasteiger charge is 2.15. The molecular weight excluding hydrogens is 494 g/mol. The highest BCUT2D eigenvalue weighted by molar-refractivity contribution is 9.10. The molecule has 0 saturated carbocycles. The number of anilines is 1. The van der Waals surface area contributed by atoms with Crippen LogP contribution in [0.25, 0.3) is 17.4 Å². The second-order valence-electron chi connectivity index (χ2n) is 6.55. The summed E-state index contributed by atoms with van der Waals surface area (Å²) in [6.45, 7) is 2.01. The van der Waals surface area contributed by atoms with Gasteiger partial charge in [-0.2, -0.15) is 5.26 Å². The molecule has 2 aromatic carbocycles. The number of halogens is 1. The number of carbonyl (C=O) groups is 2. The number of amides is 1. The van der Waals surface area contributed by atoms with Gasteiger partial charge in [0.05, 0.1) is 22.8 Å². The first-order chi connectivity index (χ1) is 15.8. The summed E-state index contributed by atoms with van der Waals surface area (Å²) in [6, 6.07) is 15.6. The van der Waals surface area contributed by atoms with E-state index in [-0.39, 0.29) is 29.3 Å². The van der Waals surface area contributed by atoms with Gasteiger partial charge in [0.25, 0.3) is 11.6 Å². The Labute approximate surface area is 196 Å². The van der Waals surface area contributed by atoms with Crippen LogP contribution in [0.4, 0.5) is 11.4 Å². The Morgan fingerprint density at radius 2 is 1.94 bits per heavy atom. The third-order valence-electron chi connectivity index (χ3n) is 4.37. The smallest absolute Gasteiger partial charge is 0.338 e. The van der Waals surface area contributed by atoms with E-state index >= 15 is 0 Å². The molecule has 0 fully saturated rings. The Balaban J connectivity index is 1.76. The summed E-state index contributed by atoms with van der Waals surface area (Å²) in [7, 11) is 0. The molecule has 10 heteroatoms. The number of nitrogens with zero attached hydrogens (tertiary/aromatic N) is 2. The maximum absolute atomic E-state index is 12.5. The van der Waals surface area contributed by atoms with Gasteiger partial charge in [0.2, 0.25) is 0 Å². The van der Waals surface area contributed by atoms with Crippen molar-refractivity contribution in [1.29, 1.82) is 5.26 Å². The van der Waals surface area contributed by atoms with Crippen LogP contribution in [0, 0.1) is 21.4 Å². The van der Waals surface area contributed by atoms with E-state index in [1.54, 1.807) is 43.3 Å². The van der Waals surface area contributed by atoms with Gasteiger partial charge in [0.1, 0.15) is 23.2 Å². The first-order valence-corrected chi connectivity index (χ1v) is 10.4. The average Bonchev–Trinajstić information content (AvgIpc) is 3.27. The second kappa shape index (κ2) is 10.4. The first kappa shape index (κ1) is 23.4. The molecule has 33 heavy (non-hydrogen) atoms. The molecule has 1 aromatic heterocycles. The van der Waals surface area contributed by atoms with E-state index in [1.807, 2.05) is 6.07 Å². The number of esters is 1. The predicted octanol–water partition coefficient (Wildman–Crippen LogP) is 5.34. The van der Waals surface area contributed by atoms with Gasteiger partial charge in [-0.3, -0.25) is 14.9 Å². The lowest BCUT2D eigenvalue weighted by molar-refractivity contribution is -0.384. The van der Waals surface area contributed by atoms with E-state index in [0.29, 0.717) is 21.4 Å². The third kappa shape index (κ3) is 5.72. The Kier molecular flexibility index (Phi) is 7.38. The zero-order valence-corrected chi connectivity index (χ0v) is 18.8. The summed E-state index contributed by atoms with van der Waals surface area (Å²) in [5.41, 5.74) is 1.01. The topological polar surface area (TPSA) is 135 Å². The van der Waals surface area contributed by atoms with E-state index in [0.717, 1.165) is 0 Å². The molecule has 166 valence electrons. The summed E-state index contributed by atoms with van der Waals surface area (Å²) < 4.78 is 11.0. The van der Waals surface area contributed by atoms with Crippen LogP contribution in [0.5, 0.6) is 0 Å². The maximum Gasteiger partial charge on any atom is 0.338 e. The van der Waals surface area contributed by atoms with Gasteiger partial charge >= 0.3 is 5.97 Å². The van der Waals surface area contributed by atoms with Gasteiger partial charge in [-0.25, -0.2) is 4.79 Å². The molecule has 3 rings (SSSR count). The fourth-order valence-corrected chi connectivity index (χ4v) is 3.24. The molecule has 0 aliphatic rings. The molecule has 1 N–H and O–H groups in total. The molecule has 0 spiro atoms. The molecule has 1 heterocycles. The van der Waals surface area contributed by atoms with E-state index in [9.17, 15) is 25.0 Å². The molecule has 9 nitrogen and oxygen atoms in total. The van der Waals surface area contributed by atoms with Crippen molar-refractivity contribution in [3.05, 3.63) is 86.1 Å². The average molecular weight is 510 g/mol. The number of nitrogens with one attached hydrogen (secondary N) is 1. The zero-order chi connectivity index (χ0) is 24.0. The van der Waals surface area contributed by atoms with Gasteiger partial charge in [0.15, 0.2) is 0 Å². The Morgan fingerprint density at radius 3 is 2.55 bits per heavy atom. The number of rotatable bonds is 7. The maximum atomic E-state index is 12.5. The zero-order valence-electron chi connectivity index (χ0n) is 17.2. The number of ether oxygens (including phenoxy) is 1. The van der Waals surface area contributed by atoms with Gasteiger partial charge in [-0.05, 0) is 53.2 Å². The van der Waals surface area contributed by atoms with E-state index in [2.05, 4.69) is 21.2 Å². The van der Waals surface area contributed by atoms with Crippen molar-refractivity contribution >= 4 is 45.3 Å². The molecule has 1 amide bonds. The quantitative estimate of drug-likeness (QED) is 0.149. The van der Waals surface area contributed by atoms with Crippen molar-refractivity contribution < 1.29 is 23.7 Å². The van der Waals surface area contributed by atoms with Crippen LogP contribution >= 0.6 is 15.9 Å². The van der Waals surface area contributed by atoms with E-state index < -0.39 is 16.8 Å². The summed E-state index contributed by atoms with van der Waals surface area (Å²) in [5.74, 6) is -0.373. The lowest BCUT2D eigenvalue weighted by Crippen LogP contribution is -2.13. The van der Waals surface area contributed by atoms with Crippen molar-refractivity contribution in [1.82, 2.24) is 0 Å². The van der Waals surface area contributed by atoms with Crippen LogP contribution < -0.4 is 5.32 Å². The minimum atomic E-state index is -0.705. The molecule has 0 unspecified atom stereocenters. The fourth-order valence-electron chi connectivity index (χ4n) is 2.77. The summed E-state index contributed by atoms with van der Waals surface area (Å²) in [4.78, 5) is 34.5. The molecule has 0 aliphatic heterocycles. The second-order valence-corrected chi connectivity index (χ2v) is 7.40. The minimum Gasteiger partial charge on any atom is -0.462 e. The predicted molar refractivity (Wildman–Crippen MR) is 123 cm³/mol. The summed E-state index contributed by atoms with van der Waals surface area (Å²) in [6.07, 6.45) is 1.28. The van der Waals surface area contributed by atoms with E-state index in [4.69, 9.17) is 9.15 Å². The summed E-state index contributed by atoms with van der Waals surface area (Å²) >= 11 is 3.16. The molecule has 0 bridgehead atoms. The molecular formula is C23H16BrN3O6. The van der Waals surface area contributed by atoms with Crippen LogP contribution in [0.3, 0.4) is 0 Å². The van der Waals surface area contributed by atoms with Crippen molar-refractivity contribution in [2.75, 3.05) is 11.9 Å². The number of nitro benzene ring substituents is 1. The molecule has 0 radical (unpaired) electrons. The first-order valence-electron chi connectivity index (χ1n) is 9.57. The normalized spacial score (nSPS) is 10.9. The lowest BCUT2D eigenvalue weighted by atomic mass is 10.1. The highest BCUT2D eigenvalue weighted by Crippen LogP contribution is 2.28. The molecule has 0 saturated heterocycles. The van der Waals surface area contributed by atoms with Gasteiger partial charge in [-0.15, -0.1) is 0 Å². The number of hydrogen-bond acceptors (Lipinski definition) is 7. The number of hydrogen-bond donors (Lipinski definition) is 1. The lowest BCUT2D eigenvalue weighted by Gasteiger charge is -2.06. The number of non-ortho nitro benzene ring substituents is 1. The van der Waals surface area contributed by atoms with Crippen molar-refractivity contribution in [2.45, 2.75) is 6.92 Å². The Bertz CT molecular complexity index is 1290. The number of carbonyl (C=O) groups excluding carboxylic acids is 2. The number of nitro groups is 1. The fraction of sp³-hybridized carbons (Fsp3) is 0.0870. The Hall–Kier alpha value is -4.23. The van der Waals surface area contributed by atoms with Crippen LogP contribution in [0.2, 0.25) is 0 Å². The van der Waals surface area contributed by atoms with Crippen LogP contribution in [0.15, 0.2) is 69.1 Å². The van der Waals surface area contributed by atoms with Crippen molar-refractivity contribution in [2.24, 2.45) is 0 Å². The standard InChI is InChI=1S/C23H16BrN3O6/c1-2-32-23(29)15-5-3-14(4-6-15)21-10-8-18(33-21)11-16(13-25)22(28)26-20-9-7-17(27(30)31)12-19(20)24/h3-12H,2H2,1H3,(H,26,28). The highest BCUT2D eigenvalue weighted by atomic mass is 79.9. The number of furan rings is 1. The molecule has 0 atom stereocenters. The van der Waals surface area contributed by atoms with Crippen molar-refractivity contribution in [3.8, 4) is 17.4 Å². The monoisotopic (exact) mass is 509 g/mol. The van der Waals surface area contributed by atoms with Crippen LogP contribution in [-0.2, 0) is 9.53 Å². The number of benzene rings is 2. The van der Waals surface area contributed by atoms with Crippen LogP contribution in [-0.4, -0.2) is 23.4 Å². The van der Waals surface area contributed by atoms with Gasteiger partial charge in [-0.1, -0.05) is 12.1 Å². The molecule has 0 aliphatic carbocycles. The van der Waals surface area contributed by atoms with Gasteiger partial charge < -0.3 is 14.5 Å². The summed E-state index contributed by atoms with van der Waals surface area (Å²) in [5, 5.41) is 22.8. The number of nitriles is 1.